The van der Waals surface area contributed by atoms with Crippen LogP contribution in [-0.2, 0) is 9.53 Å². The number of hydrogen-bond acceptors (Lipinski definition) is 3. The summed E-state index contributed by atoms with van der Waals surface area (Å²) in [7, 11) is 0. The van der Waals surface area contributed by atoms with Gasteiger partial charge in [0.1, 0.15) is 5.75 Å². The molecular weight excluding hydrogens is 372 g/mol. The Kier molecular flexibility index (Phi) is 10.9. The fraction of sp³-hybridized carbons (Fsp3) is 0.519. The molecule has 0 spiro atoms. The van der Waals surface area contributed by atoms with Gasteiger partial charge in [-0.05, 0) is 48.4 Å². The maximum Gasteiger partial charge on any atom is 0.306 e. The van der Waals surface area contributed by atoms with Crippen LogP contribution >= 0.6 is 0 Å². The molecule has 0 radical (unpaired) electrons. The Morgan fingerprint density at radius 3 is 2.30 bits per heavy atom. The van der Waals surface area contributed by atoms with E-state index in [0.717, 1.165) is 35.1 Å². The van der Waals surface area contributed by atoms with Crippen molar-refractivity contribution >= 4 is 16.7 Å². The first-order valence-corrected chi connectivity index (χ1v) is 11.5. The van der Waals surface area contributed by atoms with Crippen LogP contribution in [-0.4, -0.2) is 18.7 Å². The van der Waals surface area contributed by atoms with Crippen LogP contribution in [0.5, 0.6) is 5.75 Å². The molecule has 2 rings (SSSR count). The molecule has 3 nitrogen and oxygen atoms in total. The van der Waals surface area contributed by atoms with Gasteiger partial charge in [-0.1, -0.05) is 82.8 Å². The predicted octanol–water partition coefficient (Wildman–Crippen LogP) is 7.05. The third-order valence-corrected chi connectivity index (χ3v) is 5.09. The highest BCUT2D eigenvalue weighted by Gasteiger charge is 2.04. The van der Waals surface area contributed by atoms with E-state index >= 15 is 0 Å². The Balaban J connectivity index is 1.79. The Morgan fingerprint density at radius 2 is 1.57 bits per heavy atom. The van der Waals surface area contributed by atoms with Crippen LogP contribution in [0.25, 0.3) is 10.8 Å². The molecular formula is C27H36O3. The first-order chi connectivity index (χ1) is 14.6. The van der Waals surface area contributed by atoms with E-state index in [2.05, 4.69) is 43.0 Å². The van der Waals surface area contributed by atoms with Crippen LogP contribution in [0.1, 0.15) is 84.1 Å². The van der Waals surface area contributed by atoms with E-state index in [4.69, 9.17) is 9.47 Å². The van der Waals surface area contributed by atoms with Crippen molar-refractivity contribution in [3.05, 3.63) is 42.0 Å². The fourth-order valence-electron chi connectivity index (χ4n) is 3.31. The summed E-state index contributed by atoms with van der Waals surface area (Å²) in [5, 5.41) is 2.26. The molecule has 0 fully saturated rings. The van der Waals surface area contributed by atoms with E-state index < -0.39 is 6.10 Å². The van der Waals surface area contributed by atoms with Crippen LogP contribution in [0.4, 0.5) is 0 Å². The third kappa shape index (κ3) is 8.91. The van der Waals surface area contributed by atoms with Gasteiger partial charge in [-0.2, -0.15) is 0 Å². The summed E-state index contributed by atoms with van der Waals surface area (Å²) in [6.45, 7) is 6.60. The summed E-state index contributed by atoms with van der Waals surface area (Å²) in [4.78, 5) is 11.3. The van der Waals surface area contributed by atoms with E-state index in [1.54, 1.807) is 13.8 Å². The van der Waals surface area contributed by atoms with Crippen molar-refractivity contribution in [2.45, 2.75) is 84.7 Å². The fourth-order valence-corrected chi connectivity index (χ4v) is 3.31. The van der Waals surface area contributed by atoms with Gasteiger partial charge >= 0.3 is 5.97 Å². The maximum absolute atomic E-state index is 11.3. The smallest absolute Gasteiger partial charge is 0.306 e. The van der Waals surface area contributed by atoms with Gasteiger partial charge in [-0.15, -0.1) is 0 Å². The second kappa shape index (κ2) is 13.7. The average molecular weight is 409 g/mol. The average Bonchev–Trinajstić information content (AvgIpc) is 2.76. The van der Waals surface area contributed by atoms with E-state index in [-0.39, 0.29) is 5.97 Å². The Labute approximate surface area is 182 Å². The SMILES string of the molecule is CCCCCCCCCCOc1ccc2cc(C#CC(C)OC(=O)CC)ccc2c1. The van der Waals surface area contributed by atoms with E-state index in [1.165, 1.54) is 44.9 Å². The minimum Gasteiger partial charge on any atom is -0.494 e. The zero-order chi connectivity index (χ0) is 21.6. The predicted molar refractivity (Wildman–Crippen MR) is 125 cm³/mol. The Hall–Kier alpha value is -2.47. The largest absolute Gasteiger partial charge is 0.494 e. The van der Waals surface area contributed by atoms with Gasteiger partial charge in [0.25, 0.3) is 0 Å². The zero-order valence-corrected chi connectivity index (χ0v) is 18.8. The highest BCUT2D eigenvalue weighted by atomic mass is 16.5. The summed E-state index contributed by atoms with van der Waals surface area (Å²) in [5.41, 5.74) is 0.912. The summed E-state index contributed by atoms with van der Waals surface area (Å²) >= 11 is 0. The first-order valence-electron chi connectivity index (χ1n) is 11.5. The van der Waals surface area contributed by atoms with Crippen LogP contribution < -0.4 is 4.74 Å². The van der Waals surface area contributed by atoms with Gasteiger partial charge in [0.2, 0.25) is 0 Å². The van der Waals surface area contributed by atoms with Crippen LogP contribution in [0, 0.1) is 11.8 Å². The molecule has 30 heavy (non-hydrogen) atoms. The molecule has 0 heterocycles. The number of hydrogen-bond donors (Lipinski definition) is 0. The van der Waals surface area contributed by atoms with Gasteiger partial charge in [-0.3, -0.25) is 4.79 Å². The molecule has 0 aromatic heterocycles. The minimum atomic E-state index is -0.403. The summed E-state index contributed by atoms with van der Waals surface area (Å²) in [5.74, 6) is 6.77. The van der Waals surface area contributed by atoms with E-state index in [9.17, 15) is 4.79 Å². The highest BCUT2D eigenvalue weighted by molar-refractivity contribution is 5.85. The van der Waals surface area contributed by atoms with Crippen molar-refractivity contribution in [1.82, 2.24) is 0 Å². The minimum absolute atomic E-state index is 0.227. The van der Waals surface area contributed by atoms with Gasteiger partial charge < -0.3 is 9.47 Å². The summed E-state index contributed by atoms with van der Waals surface area (Å²) in [6, 6.07) is 12.3. The zero-order valence-electron chi connectivity index (χ0n) is 18.8. The number of rotatable bonds is 12. The monoisotopic (exact) mass is 408 g/mol. The quantitative estimate of drug-likeness (QED) is 0.214. The number of ether oxygens (including phenoxy) is 2. The molecule has 1 unspecified atom stereocenters. The van der Waals surface area contributed by atoms with Crippen molar-refractivity contribution in [1.29, 1.82) is 0 Å². The normalized spacial score (nSPS) is 11.6. The summed E-state index contributed by atoms with van der Waals surface area (Å²) in [6.07, 6.45) is 10.4. The van der Waals surface area contributed by atoms with Crippen LogP contribution in [0.3, 0.4) is 0 Å². The van der Waals surface area contributed by atoms with Gasteiger partial charge in [0.05, 0.1) is 6.61 Å². The third-order valence-electron chi connectivity index (χ3n) is 5.09. The second-order valence-corrected chi connectivity index (χ2v) is 7.80. The highest BCUT2D eigenvalue weighted by Crippen LogP contribution is 2.22. The molecule has 1 atom stereocenters. The van der Waals surface area contributed by atoms with Crippen molar-refractivity contribution < 1.29 is 14.3 Å². The number of carbonyl (C=O) groups excluding carboxylic acids is 1. The lowest BCUT2D eigenvalue weighted by Crippen LogP contribution is -2.11. The molecule has 0 aliphatic carbocycles. The van der Waals surface area contributed by atoms with E-state index in [0.29, 0.717) is 6.42 Å². The van der Waals surface area contributed by atoms with Crippen molar-refractivity contribution in [3.8, 4) is 17.6 Å². The number of fused-ring (bicyclic) bond motifs is 1. The molecule has 0 saturated heterocycles. The van der Waals surface area contributed by atoms with Crippen molar-refractivity contribution in [2.24, 2.45) is 0 Å². The molecule has 3 heteroatoms. The molecule has 0 bridgehead atoms. The molecule has 0 N–H and O–H groups in total. The molecule has 0 saturated carbocycles. The van der Waals surface area contributed by atoms with Gasteiger partial charge in [-0.25, -0.2) is 0 Å². The van der Waals surface area contributed by atoms with Gasteiger partial charge in [0, 0.05) is 12.0 Å². The lowest BCUT2D eigenvalue weighted by atomic mass is 10.1. The van der Waals surface area contributed by atoms with Crippen LogP contribution in [0.15, 0.2) is 36.4 Å². The van der Waals surface area contributed by atoms with Crippen molar-refractivity contribution in [3.63, 3.8) is 0 Å². The maximum atomic E-state index is 11.3. The Bertz CT molecular complexity index is 844. The molecule has 2 aromatic carbocycles. The molecule has 2 aromatic rings. The first kappa shape index (κ1) is 23.8. The van der Waals surface area contributed by atoms with Crippen LogP contribution in [0.2, 0.25) is 0 Å². The number of unbranched alkanes of at least 4 members (excludes halogenated alkanes) is 7. The molecule has 0 amide bonds. The van der Waals surface area contributed by atoms with Gasteiger partial charge in [0.15, 0.2) is 6.10 Å². The lowest BCUT2D eigenvalue weighted by Gasteiger charge is -2.08. The Morgan fingerprint density at radius 1 is 0.900 bits per heavy atom. The standard InChI is InChI=1S/C27H36O3/c1-4-6-7-8-9-10-11-12-19-29-26-18-17-24-20-23(15-16-25(24)21-26)14-13-22(3)30-27(28)5-2/h15-18,20-22H,4-12,19H2,1-3H3. The molecule has 162 valence electrons. The topological polar surface area (TPSA) is 35.5 Å². The number of esters is 1. The molecule has 0 aliphatic rings. The van der Waals surface area contributed by atoms with E-state index in [1.807, 2.05) is 12.1 Å². The van der Waals surface area contributed by atoms with Crippen molar-refractivity contribution in [2.75, 3.05) is 6.61 Å². The molecule has 0 aliphatic heterocycles. The lowest BCUT2D eigenvalue weighted by molar-refractivity contribution is -0.145. The number of carbonyl (C=O) groups is 1. The summed E-state index contributed by atoms with van der Waals surface area (Å²) < 4.78 is 11.1. The number of benzene rings is 2. The second-order valence-electron chi connectivity index (χ2n) is 7.80.